The number of hydrogen-bond acceptors (Lipinski definition) is 4. The van der Waals surface area contributed by atoms with Crippen molar-refractivity contribution >= 4 is 41.3 Å². The molecule has 5 nitrogen and oxygen atoms in total. The van der Waals surface area contributed by atoms with Gasteiger partial charge in [-0.25, -0.2) is 4.98 Å². The van der Waals surface area contributed by atoms with Crippen molar-refractivity contribution in [2.75, 3.05) is 26.7 Å². The maximum atomic E-state index is 12.5. The van der Waals surface area contributed by atoms with Crippen molar-refractivity contribution in [3.63, 3.8) is 0 Å². The van der Waals surface area contributed by atoms with Crippen LogP contribution in [-0.2, 0) is 19.0 Å². The molecule has 0 aliphatic rings. The number of nitrogens with zero attached hydrogens (tertiary/aromatic N) is 2. The average Bonchev–Trinajstić information content (AvgIpc) is 3.15. The molecule has 1 aromatic heterocycles. The summed E-state index contributed by atoms with van der Waals surface area (Å²) in [5.74, 6) is 3.72. The van der Waals surface area contributed by atoms with E-state index in [0.29, 0.717) is 30.5 Å². The highest BCUT2D eigenvalue weighted by molar-refractivity contribution is 14.0. The Kier molecular flexibility index (Phi) is 10.8. The van der Waals surface area contributed by atoms with Crippen molar-refractivity contribution in [1.82, 2.24) is 15.6 Å². The molecule has 10 heteroatoms. The summed E-state index contributed by atoms with van der Waals surface area (Å²) in [6.45, 7) is 1.33. The van der Waals surface area contributed by atoms with Crippen LogP contribution in [0.15, 0.2) is 34.6 Å². The second-order valence-corrected chi connectivity index (χ2v) is 6.63. The highest BCUT2D eigenvalue weighted by Gasteiger charge is 2.33. The molecule has 0 amide bonds. The van der Waals surface area contributed by atoms with Crippen LogP contribution >= 0.6 is 35.3 Å². The first-order valence-corrected chi connectivity index (χ1v) is 9.41. The van der Waals surface area contributed by atoms with E-state index in [1.54, 1.807) is 7.05 Å². The molecule has 0 saturated heterocycles. The van der Waals surface area contributed by atoms with Crippen molar-refractivity contribution in [1.29, 1.82) is 0 Å². The maximum absolute atomic E-state index is 12.5. The van der Waals surface area contributed by atoms with Gasteiger partial charge in [0.1, 0.15) is 12.4 Å². The summed E-state index contributed by atoms with van der Waals surface area (Å²) in [6, 6.07) is 7.65. The fourth-order valence-corrected chi connectivity index (χ4v) is 3.07. The number of halogens is 4. The lowest BCUT2D eigenvalue weighted by Crippen LogP contribution is -2.39. The SMILES string of the molecule is C#CCOc1ccc(CCNC(=NC)NCCc2nc(C(F)(F)F)cs2)cc1.I. The van der Waals surface area contributed by atoms with Crippen molar-refractivity contribution < 1.29 is 17.9 Å². The van der Waals surface area contributed by atoms with E-state index in [4.69, 9.17) is 11.2 Å². The lowest BCUT2D eigenvalue weighted by atomic mass is 10.1. The van der Waals surface area contributed by atoms with Gasteiger partial charge >= 0.3 is 6.18 Å². The fourth-order valence-electron chi connectivity index (χ4n) is 2.27. The first-order chi connectivity index (χ1) is 13.4. The molecule has 0 aliphatic carbocycles. The van der Waals surface area contributed by atoms with Crippen molar-refractivity contribution in [2.45, 2.75) is 19.0 Å². The molecule has 0 atom stereocenters. The van der Waals surface area contributed by atoms with E-state index < -0.39 is 11.9 Å². The van der Waals surface area contributed by atoms with Gasteiger partial charge in [-0.15, -0.1) is 41.7 Å². The second kappa shape index (κ2) is 12.5. The molecule has 0 fully saturated rings. The van der Waals surface area contributed by atoms with Gasteiger partial charge in [-0.1, -0.05) is 18.1 Å². The van der Waals surface area contributed by atoms with Gasteiger partial charge < -0.3 is 15.4 Å². The van der Waals surface area contributed by atoms with E-state index >= 15 is 0 Å². The molecule has 29 heavy (non-hydrogen) atoms. The summed E-state index contributed by atoms with van der Waals surface area (Å²) >= 11 is 1.00. The Morgan fingerprint density at radius 2 is 1.86 bits per heavy atom. The minimum absolute atomic E-state index is 0. The third-order valence-electron chi connectivity index (χ3n) is 3.65. The summed E-state index contributed by atoms with van der Waals surface area (Å²) < 4.78 is 43.0. The van der Waals surface area contributed by atoms with Crippen molar-refractivity contribution in [3.05, 3.63) is 45.9 Å². The van der Waals surface area contributed by atoms with E-state index in [1.165, 1.54) is 0 Å². The van der Waals surface area contributed by atoms with Crippen LogP contribution in [0.25, 0.3) is 0 Å². The number of hydrogen-bond donors (Lipinski definition) is 2. The molecule has 0 unspecified atom stereocenters. The van der Waals surface area contributed by atoms with Gasteiger partial charge in [0, 0.05) is 31.9 Å². The predicted molar refractivity (Wildman–Crippen MR) is 120 cm³/mol. The number of terminal acetylenes is 1. The average molecular weight is 538 g/mol. The topological polar surface area (TPSA) is 58.5 Å². The monoisotopic (exact) mass is 538 g/mol. The predicted octanol–water partition coefficient (Wildman–Crippen LogP) is 3.74. The number of alkyl halides is 3. The van der Waals surface area contributed by atoms with Crippen LogP contribution < -0.4 is 15.4 Å². The van der Waals surface area contributed by atoms with Crippen LogP contribution in [0, 0.1) is 12.3 Å². The zero-order valence-corrected chi connectivity index (χ0v) is 18.9. The number of guanidine groups is 1. The van der Waals surface area contributed by atoms with Gasteiger partial charge in [0.15, 0.2) is 11.7 Å². The zero-order valence-electron chi connectivity index (χ0n) is 15.8. The lowest BCUT2D eigenvalue weighted by Gasteiger charge is -2.11. The van der Waals surface area contributed by atoms with Gasteiger partial charge in [-0.2, -0.15) is 13.2 Å². The number of benzene rings is 1. The summed E-state index contributed by atoms with van der Waals surface area (Å²) in [7, 11) is 1.64. The Balaban J connectivity index is 0.00000420. The van der Waals surface area contributed by atoms with Crippen molar-refractivity contribution in [3.8, 4) is 18.1 Å². The summed E-state index contributed by atoms with van der Waals surface area (Å²) in [5, 5.41) is 7.70. The molecular formula is C19H22F3IN4OS. The summed E-state index contributed by atoms with van der Waals surface area (Å²) in [4.78, 5) is 7.71. The third kappa shape index (κ3) is 8.91. The number of ether oxygens (including phenoxy) is 1. The van der Waals surface area contributed by atoms with Gasteiger partial charge in [0.2, 0.25) is 0 Å². The highest BCUT2D eigenvalue weighted by Crippen LogP contribution is 2.29. The van der Waals surface area contributed by atoms with Gasteiger partial charge in [-0.05, 0) is 24.1 Å². The van der Waals surface area contributed by atoms with Gasteiger partial charge in [-0.3, -0.25) is 4.99 Å². The third-order valence-corrected chi connectivity index (χ3v) is 4.56. The number of aromatic nitrogens is 1. The maximum Gasteiger partial charge on any atom is 0.434 e. The summed E-state index contributed by atoms with van der Waals surface area (Å²) in [6.07, 6.45) is 1.92. The largest absolute Gasteiger partial charge is 0.481 e. The number of thiazole rings is 1. The normalized spacial score (nSPS) is 11.3. The minimum atomic E-state index is -4.40. The molecule has 1 heterocycles. The molecule has 2 aromatic rings. The van der Waals surface area contributed by atoms with Gasteiger partial charge in [0.25, 0.3) is 0 Å². The Morgan fingerprint density at radius 3 is 2.41 bits per heavy atom. The van der Waals surface area contributed by atoms with E-state index in [1.807, 2.05) is 24.3 Å². The van der Waals surface area contributed by atoms with Crippen LogP contribution in [0.4, 0.5) is 13.2 Å². The molecule has 0 spiro atoms. The Morgan fingerprint density at radius 1 is 1.21 bits per heavy atom. The van der Waals surface area contributed by atoms with E-state index in [0.717, 1.165) is 34.5 Å². The van der Waals surface area contributed by atoms with E-state index in [9.17, 15) is 13.2 Å². The molecule has 1 aromatic carbocycles. The zero-order chi connectivity index (χ0) is 20.4. The Bertz CT molecular complexity index is 816. The number of aliphatic imine (C=N–C) groups is 1. The highest BCUT2D eigenvalue weighted by atomic mass is 127. The second-order valence-electron chi connectivity index (χ2n) is 5.69. The molecule has 0 saturated carbocycles. The number of rotatable bonds is 8. The molecule has 2 rings (SSSR count). The van der Waals surface area contributed by atoms with Crippen LogP contribution in [0.3, 0.4) is 0 Å². The van der Waals surface area contributed by atoms with Crippen molar-refractivity contribution in [2.24, 2.45) is 4.99 Å². The summed E-state index contributed by atoms with van der Waals surface area (Å²) in [5.41, 5.74) is 0.282. The van der Waals surface area contributed by atoms with E-state index in [2.05, 4.69) is 26.5 Å². The first kappa shape index (κ1) is 25.0. The molecule has 2 N–H and O–H groups in total. The first-order valence-electron chi connectivity index (χ1n) is 8.53. The standard InChI is InChI=1S/C19H21F3N4OS.HI/c1-3-12-27-15-6-4-14(5-7-15)8-10-24-18(23-2)25-11-9-17-26-16(13-28-17)19(20,21)22;/h1,4-7,13H,8-12H2,2H3,(H2,23,24,25);1H. The minimum Gasteiger partial charge on any atom is -0.481 e. The molecule has 0 bridgehead atoms. The van der Waals surface area contributed by atoms with E-state index in [-0.39, 0.29) is 30.6 Å². The Labute approximate surface area is 189 Å². The molecule has 158 valence electrons. The Hall–Kier alpha value is -2.00. The van der Waals surface area contributed by atoms with Crippen LogP contribution in [0.5, 0.6) is 5.75 Å². The molecular weight excluding hydrogens is 516 g/mol. The van der Waals surface area contributed by atoms with Gasteiger partial charge in [0.05, 0.1) is 5.01 Å². The smallest absolute Gasteiger partial charge is 0.434 e. The molecule has 0 aliphatic heterocycles. The quantitative estimate of drug-likeness (QED) is 0.233. The molecule has 0 radical (unpaired) electrons. The van der Waals surface area contributed by atoms with Crippen LogP contribution in [0.1, 0.15) is 16.3 Å². The lowest BCUT2D eigenvalue weighted by molar-refractivity contribution is -0.140. The van der Waals surface area contributed by atoms with Crippen LogP contribution in [-0.4, -0.2) is 37.7 Å². The fraction of sp³-hybridized carbons (Fsp3) is 0.368. The number of nitrogens with one attached hydrogen (secondary N) is 2. The van der Waals surface area contributed by atoms with Crippen LogP contribution in [0.2, 0.25) is 0 Å².